The molecule has 1 aromatic rings. The Morgan fingerprint density at radius 3 is 2.57 bits per heavy atom. The molecule has 1 atom stereocenters. The lowest BCUT2D eigenvalue weighted by atomic mass is 10.0. The van der Waals surface area contributed by atoms with E-state index in [0.29, 0.717) is 0 Å². The molecule has 0 saturated carbocycles. The van der Waals surface area contributed by atoms with Crippen LogP contribution in [0, 0.1) is 11.8 Å². The van der Waals surface area contributed by atoms with Gasteiger partial charge >= 0.3 is 5.97 Å². The highest BCUT2D eigenvalue weighted by atomic mass is 16.5. The van der Waals surface area contributed by atoms with Gasteiger partial charge in [0, 0.05) is 11.6 Å². The number of esters is 1. The summed E-state index contributed by atoms with van der Waals surface area (Å²) in [6.07, 6.45) is 8.33. The third-order valence-corrected chi connectivity index (χ3v) is 3.57. The minimum Gasteiger partial charge on any atom is -0.454 e. The molecule has 2 nitrogen and oxygen atoms in total. The molecular formula is C19H22O2. The predicted octanol–water partition coefficient (Wildman–Crippen LogP) is 4.25. The molecule has 2 heteroatoms. The van der Waals surface area contributed by atoms with Gasteiger partial charge in [-0.1, -0.05) is 62.6 Å². The summed E-state index contributed by atoms with van der Waals surface area (Å²) in [7, 11) is 0. The van der Waals surface area contributed by atoms with E-state index in [1.165, 1.54) is 31.8 Å². The molecule has 0 bridgehead atoms. The van der Waals surface area contributed by atoms with Gasteiger partial charge in [0.2, 0.25) is 0 Å². The minimum absolute atomic E-state index is 0.143. The predicted molar refractivity (Wildman–Crippen MR) is 84.7 cm³/mol. The van der Waals surface area contributed by atoms with Crippen molar-refractivity contribution in [1.82, 2.24) is 0 Å². The Morgan fingerprint density at radius 2 is 1.81 bits per heavy atom. The fourth-order valence-electron chi connectivity index (χ4n) is 2.39. The molecule has 1 unspecified atom stereocenters. The lowest BCUT2D eigenvalue weighted by Crippen LogP contribution is -2.11. The van der Waals surface area contributed by atoms with Crippen LogP contribution in [0.15, 0.2) is 42.0 Å². The van der Waals surface area contributed by atoms with Crippen LogP contribution in [0.2, 0.25) is 0 Å². The number of carbonyl (C=O) groups is 1. The molecule has 0 fully saturated rings. The van der Waals surface area contributed by atoms with Crippen molar-refractivity contribution < 1.29 is 9.53 Å². The van der Waals surface area contributed by atoms with Crippen molar-refractivity contribution in [3.8, 4) is 11.8 Å². The van der Waals surface area contributed by atoms with Crippen molar-refractivity contribution in [3.63, 3.8) is 0 Å². The van der Waals surface area contributed by atoms with Gasteiger partial charge < -0.3 is 4.74 Å². The zero-order valence-corrected chi connectivity index (χ0v) is 12.6. The van der Waals surface area contributed by atoms with Gasteiger partial charge in [0.05, 0.1) is 5.57 Å². The average molecular weight is 282 g/mol. The van der Waals surface area contributed by atoms with E-state index in [9.17, 15) is 4.79 Å². The van der Waals surface area contributed by atoms with E-state index in [1.54, 1.807) is 0 Å². The van der Waals surface area contributed by atoms with Crippen LogP contribution in [-0.4, -0.2) is 12.1 Å². The van der Waals surface area contributed by atoms with E-state index in [-0.39, 0.29) is 12.1 Å². The van der Waals surface area contributed by atoms with E-state index >= 15 is 0 Å². The highest BCUT2D eigenvalue weighted by Crippen LogP contribution is 2.21. The van der Waals surface area contributed by atoms with E-state index in [1.807, 2.05) is 30.3 Å². The molecule has 0 saturated heterocycles. The Hall–Kier alpha value is -2.01. The number of benzene rings is 1. The van der Waals surface area contributed by atoms with Gasteiger partial charge in [-0.15, -0.1) is 0 Å². The first-order valence-electron chi connectivity index (χ1n) is 7.79. The zero-order valence-electron chi connectivity index (χ0n) is 12.6. The molecule has 1 aliphatic heterocycles. The lowest BCUT2D eigenvalue weighted by Gasteiger charge is -2.10. The topological polar surface area (TPSA) is 26.3 Å². The van der Waals surface area contributed by atoms with E-state index in [0.717, 1.165) is 24.0 Å². The number of ether oxygens (including phenoxy) is 1. The van der Waals surface area contributed by atoms with Gasteiger partial charge in [-0.05, 0) is 25.0 Å². The summed E-state index contributed by atoms with van der Waals surface area (Å²) >= 11 is 0. The van der Waals surface area contributed by atoms with Crippen LogP contribution >= 0.6 is 0 Å². The maximum Gasteiger partial charge on any atom is 0.332 e. The molecule has 110 valence electrons. The first kappa shape index (κ1) is 15.4. The standard InChI is InChI=1S/C19H22O2/c1-2-3-4-5-9-12-18-17(15-19(20)21-18)14-13-16-10-7-6-8-11-16/h6-8,10-11,15,18H,2-5,9,12H2,1H3. The van der Waals surface area contributed by atoms with Crippen LogP contribution in [0.1, 0.15) is 51.0 Å². The third-order valence-electron chi connectivity index (χ3n) is 3.57. The van der Waals surface area contributed by atoms with Gasteiger partial charge in [-0.2, -0.15) is 0 Å². The largest absolute Gasteiger partial charge is 0.454 e. The average Bonchev–Trinajstić information content (AvgIpc) is 2.86. The normalized spacial score (nSPS) is 16.9. The van der Waals surface area contributed by atoms with Crippen molar-refractivity contribution in [2.24, 2.45) is 0 Å². The maximum absolute atomic E-state index is 11.4. The molecular weight excluding hydrogens is 260 g/mol. The molecule has 0 amide bonds. The number of cyclic esters (lactones) is 1. The fourth-order valence-corrected chi connectivity index (χ4v) is 2.39. The number of hydrogen-bond acceptors (Lipinski definition) is 2. The Morgan fingerprint density at radius 1 is 1.05 bits per heavy atom. The SMILES string of the molecule is CCCCCCCC1OC(=O)C=C1C#Cc1ccccc1. The van der Waals surface area contributed by atoms with Crippen LogP contribution in [0.25, 0.3) is 0 Å². The first-order valence-corrected chi connectivity index (χ1v) is 7.79. The van der Waals surface area contributed by atoms with Crippen LogP contribution in [0.4, 0.5) is 0 Å². The van der Waals surface area contributed by atoms with Gasteiger partial charge in [-0.25, -0.2) is 4.79 Å². The van der Waals surface area contributed by atoms with Crippen LogP contribution in [-0.2, 0) is 9.53 Å². The highest BCUT2D eigenvalue weighted by Gasteiger charge is 2.24. The molecule has 0 spiro atoms. The quantitative estimate of drug-likeness (QED) is 0.443. The number of carbonyl (C=O) groups excluding carboxylic acids is 1. The summed E-state index contributed by atoms with van der Waals surface area (Å²) in [4.78, 5) is 11.4. The smallest absolute Gasteiger partial charge is 0.332 e. The second kappa shape index (κ2) is 8.32. The van der Waals surface area contributed by atoms with Crippen molar-refractivity contribution >= 4 is 5.97 Å². The monoisotopic (exact) mass is 282 g/mol. The molecule has 2 rings (SSSR count). The number of hydrogen-bond donors (Lipinski definition) is 0. The van der Waals surface area contributed by atoms with Gasteiger partial charge in [0.1, 0.15) is 6.10 Å². The van der Waals surface area contributed by atoms with Crippen molar-refractivity contribution in [3.05, 3.63) is 47.5 Å². The Bertz CT molecular complexity index is 546. The molecule has 0 aromatic heterocycles. The molecule has 0 radical (unpaired) electrons. The fraction of sp³-hybridized carbons (Fsp3) is 0.421. The Labute approximate surface area is 127 Å². The second-order valence-corrected chi connectivity index (χ2v) is 5.34. The number of rotatable bonds is 6. The first-order chi connectivity index (χ1) is 10.3. The summed E-state index contributed by atoms with van der Waals surface area (Å²) in [5.74, 6) is 5.93. The van der Waals surface area contributed by atoms with Gasteiger partial charge in [-0.3, -0.25) is 0 Å². The zero-order chi connectivity index (χ0) is 14.9. The summed E-state index contributed by atoms with van der Waals surface area (Å²) < 4.78 is 5.33. The van der Waals surface area contributed by atoms with Crippen molar-refractivity contribution in [2.75, 3.05) is 0 Å². The summed E-state index contributed by atoms with van der Waals surface area (Å²) in [6.45, 7) is 2.21. The van der Waals surface area contributed by atoms with E-state index < -0.39 is 0 Å². The maximum atomic E-state index is 11.4. The van der Waals surface area contributed by atoms with E-state index in [4.69, 9.17) is 4.74 Å². The van der Waals surface area contributed by atoms with Crippen molar-refractivity contribution in [1.29, 1.82) is 0 Å². The summed E-state index contributed by atoms with van der Waals surface area (Å²) in [5, 5.41) is 0. The Balaban J connectivity index is 1.89. The molecule has 1 heterocycles. The molecule has 21 heavy (non-hydrogen) atoms. The van der Waals surface area contributed by atoms with Crippen LogP contribution in [0.5, 0.6) is 0 Å². The van der Waals surface area contributed by atoms with Crippen LogP contribution < -0.4 is 0 Å². The van der Waals surface area contributed by atoms with Gasteiger partial charge in [0.25, 0.3) is 0 Å². The Kier molecular flexibility index (Phi) is 6.09. The van der Waals surface area contributed by atoms with Crippen molar-refractivity contribution in [2.45, 2.75) is 51.6 Å². The third kappa shape index (κ3) is 5.11. The molecule has 0 aliphatic carbocycles. The summed E-state index contributed by atoms with van der Waals surface area (Å²) in [6, 6.07) is 9.81. The second-order valence-electron chi connectivity index (χ2n) is 5.34. The molecule has 1 aliphatic rings. The number of unbranched alkanes of at least 4 members (excludes halogenated alkanes) is 4. The van der Waals surface area contributed by atoms with Gasteiger partial charge in [0.15, 0.2) is 0 Å². The van der Waals surface area contributed by atoms with Crippen LogP contribution in [0.3, 0.4) is 0 Å². The molecule has 0 N–H and O–H groups in total. The summed E-state index contributed by atoms with van der Waals surface area (Å²) in [5.41, 5.74) is 1.78. The highest BCUT2D eigenvalue weighted by molar-refractivity contribution is 5.87. The molecule has 1 aromatic carbocycles. The van der Waals surface area contributed by atoms with E-state index in [2.05, 4.69) is 18.8 Å². The lowest BCUT2D eigenvalue weighted by molar-refractivity contribution is -0.138. The minimum atomic E-state index is -0.258.